The summed E-state index contributed by atoms with van der Waals surface area (Å²) in [6.07, 6.45) is 5.08. The summed E-state index contributed by atoms with van der Waals surface area (Å²) >= 11 is 0. The third-order valence-corrected chi connectivity index (χ3v) is 5.71. The zero-order valence-electron chi connectivity index (χ0n) is 15.2. The molecule has 0 heterocycles. The standard InChI is InChI=1S/C23H26O/c1-13-9-19(17-5-6-17)15(3)21(11-13)23(24)22-12-14(2)10-20(16(22)4)18-7-8-18/h9-12,17-18H,5-8H2,1-4H3. The molecule has 124 valence electrons. The number of ketones is 1. The van der Waals surface area contributed by atoms with Crippen molar-refractivity contribution in [3.8, 4) is 0 Å². The van der Waals surface area contributed by atoms with Crippen LogP contribution >= 0.6 is 0 Å². The van der Waals surface area contributed by atoms with Gasteiger partial charge in [-0.2, -0.15) is 0 Å². The van der Waals surface area contributed by atoms with Gasteiger partial charge in [-0.25, -0.2) is 0 Å². The van der Waals surface area contributed by atoms with E-state index in [-0.39, 0.29) is 5.78 Å². The van der Waals surface area contributed by atoms with Gasteiger partial charge >= 0.3 is 0 Å². The molecule has 0 N–H and O–H groups in total. The van der Waals surface area contributed by atoms with E-state index < -0.39 is 0 Å². The fourth-order valence-corrected chi connectivity index (χ4v) is 4.03. The van der Waals surface area contributed by atoms with E-state index in [9.17, 15) is 4.79 Å². The molecule has 0 radical (unpaired) electrons. The molecule has 0 unspecified atom stereocenters. The predicted molar refractivity (Wildman–Crippen MR) is 99.2 cm³/mol. The average molecular weight is 318 g/mol. The van der Waals surface area contributed by atoms with Crippen LogP contribution in [0.3, 0.4) is 0 Å². The Bertz CT molecular complexity index is 766. The van der Waals surface area contributed by atoms with Crippen LogP contribution in [0.15, 0.2) is 24.3 Å². The first-order valence-corrected chi connectivity index (χ1v) is 9.22. The van der Waals surface area contributed by atoms with E-state index >= 15 is 0 Å². The second-order valence-corrected chi connectivity index (χ2v) is 7.93. The van der Waals surface area contributed by atoms with Crippen molar-refractivity contribution in [3.63, 3.8) is 0 Å². The van der Waals surface area contributed by atoms with Gasteiger partial charge < -0.3 is 0 Å². The second-order valence-electron chi connectivity index (χ2n) is 7.93. The molecule has 2 aromatic rings. The van der Waals surface area contributed by atoms with E-state index in [1.54, 1.807) is 0 Å². The summed E-state index contributed by atoms with van der Waals surface area (Å²) in [5.41, 5.74) is 9.41. The van der Waals surface area contributed by atoms with Crippen molar-refractivity contribution in [1.82, 2.24) is 0 Å². The first kappa shape index (κ1) is 15.6. The summed E-state index contributed by atoms with van der Waals surface area (Å²) in [6.45, 7) is 8.49. The number of aryl methyl sites for hydroxylation is 2. The van der Waals surface area contributed by atoms with Crippen LogP contribution < -0.4 is 0 Å². The van der Waals surface area contributed by atoms with Crippen LogP contribution in [0.2, 0.25) is 0 Å². The molecule has 2 saturated carbocycles. The molecule has 0 aliphatic heterocycles. The Labute approximate surface area is 145 Å². The van der Waals surface area contributed by atoms with Crippen LogP contribution in [0.25, 0.3) is 0 Å². The van der Waals surface area contributed by atoms with Crippen LogP contribution in [0.1, 0.15) is 86.8 Å². The number of hydrogen-bond donors (Lipinski definition) is 0. The summed E-state index contributed by atoms with van der Waals surface area (Å²) < 4.78 is 0. The highest BCUT2D eigenvalue weighted by Gasteiger charge is 2.30. The van der Waals surface area contributed by atoms with Crippen LogP contribution in [-0.2, 0) is 0 Å². The van der Waals surface area contributed by atoms with Crippen LogP contribution in [0, 0.1) is 27.7 Å². The van der Waals surface area contributed by atoms with Gasteiger partial charge in [-0.05, 0) is 99.6 Å². The normalized spacial score (nSPS) is 17.2. The molecule has 0 bridgehead atoms. The minimum Gasteiger partial charge on any atom is -0.289 e. The summed E-state index contributed by atoms with van der Waals surface area (Å²) in [5, 5.41) is 0. The maximum absolute atomic E-state index is 13.4. The molecule has 2 aliphatic rings. The second kappa shape index (κ2) is 5.58. The zero-order chi connectivity index (χ0) is 17.0. The number of rotatable bonds is 4. The average Bonchev–Trinajstić information content (AvgIpc) is 3.42. The van der Waals surface area contributed by atoms with E-state index in [0.717, 1.165) is 11.1 Å². The van der Waals surface area contributed by atoms with Crippen molar-refractivity contribution in [2.45, 2.75) is 65.2 Å². The lowest BCUT2D eigenvalue weighted by molar-refractivity contribution is 0.103. The number of carbonyl (C=O) groups excluding carboxylic acids is 1. The molecule has 0 saturated heterocycles. The summed E-state index contributed by atoms with van der Waals surface area (Å²) in [6, 6.07) is 8.73. The molecule has 0 aromatic heterocycles. The van der Waals surface area contributed by atoms with Gasteiger partial charge in [-0.15, -0.1) is 0 Å². The third-order valence-electron chi connectivity index (χ3n) is 5.71. The monoisotopic (exact) mass is 318 g/mol. The van der Waals surface area contributed by atoms with E-state index in [1.807, 2.05) is 0 Å². The highest BCUT2D eigenvalue weighted by molar-refractivity contribution is 6.11. The minimum absolute atomic E-state index is 0.209. The van der Waals surface area contributed by atoms with Crippen molar-refractivity contribution >= 4 is 5.78 Å². The molecule has 1 heteroatoms. The Morgan fingerprint density at radius 2 is 1.08 bits per heavy atom. The summed E-state index contributed by atoms with van der Waals surface area (Å²) in [5.74, 6) is 1.57. The van der Waals surface area contributed by atoms with Crippen molar-refractivity contribution < 1.29 is 4.79 Å². The molecule has 1 nitrogen and oxygen atoms in total. The molecule has 0 atom stereocenters. The van der Waals surface area contributed by atoms with Crippen molar-refractivity contribution in [1.29, 1.82) is 0 Å². The Kier molecular flexibility index (Phi) is 3.63. The van der Waals surface area contributed by atoms with Gasteiger partial charge in [-0.3, -0.25) is 4.79 Å². The van der Waals surface area contributed by atoms with Crippen LogP contribution in [0.4, 0.5) is 0 Å². The van der Waals surface area contributed by atoms with E-state index in [1.165, 1.54) is 59.1 Å². The molecule has 2 fully saturated rings. The minimum atomic E-state index is 0.209. The Morgan fingerprint density at radius 1 is 0.708 bits per heavy atom. The fraction of sp³-hybridized carbons (Fsp3) is 0.435. The number of carbonyl (C=O) groups is 1. The van der Waals surface area contributed by atoms with Gasteiger partial charge in [0.1, 0.15) is 0 Å². The topological polar surface area (TPSA) is 17.1 Å². The highest BCUT2D eigenvalue weighted by Crippen LogP contribution is 2.44. The van der Waals surface area contributed by atoms with Crippen LogP contribution in [-0.4, -0.2) is 5.78 Å². The Balaban J connectivity index is 1.82. The molecular formula is C23H26O. The van der Waals surface area contributed by atoms with E-state index in [2.05, 4.69) is 52.0 Å². The summed E-state index contributed by atoms with van der Waals surface area (Å²) in [7, 11) is 0. The number of benzene rings is 2. The molecule has 24 heavy (non-hydrogen) atoms. The predicted octanol–water partition coefficient (Wildman–Crippen LogP) is 5.91. The van der Waals surface area contributed by atoms with Gasteiger partial charge in [-0.1, -0.05) is 23.3 Å². The lowest BCUT2D eigenvalue weighted by Crippen LogP contribution is -2.10. The van der Waals surface area contributed by atoms with Gasteiger partial charge in [0.15, 0.2) is 5.78 Å². The lowest BCUT2D eigenvalue weighted by atomic mass is 9.87. The van der Waals surface area contributed by atoms with E-state index in [4.69, 9.17) is 0 Å². The van der Waals surface area contributed by atoms with E-state index in [0.29, 0.717) is 11.8 Å². The summed E-state index contributed by atoms with van der Waals surface area (Å²) in [4.78, 5) is 13.4. The Hall–Kier alpha value is -1.89. The third kappa shape index (κ3) is 2.70. The molecule has 2 aliphatic carbocycles. The smallest absolute Gasteiger partial charge is 0.193 e. The Morgan fingerprint density at radius 3 is 1.42 bits per heavy atom. The van der Waals surface area contributed by atoms with Gasteiger partial charge in [0, 0.05) is 11.1 Å². The molecule has 2 aromatic carbocycles. The van der Waals surface area contributed by atoms with Crippen molar-refractivity contribution in [2.24, 2.45) is 0 Å². The SMILES string of the molecule is Cc1cc(C(=O)c2cc(C)cc(C3CC3)c2C)c(C)c(C2CC2)c1. The van der Waals surface area contributed by atoms with Gasteiger partial charge in [0.25, 0.3) is 0 Å². The maximum atomic E-state index is 13.4. The fourth-order valence-electron chi connectivity index (χ4n) is 4.03. The van der Waals surface area contributed by atoms with Crippen molar-refractivity contribution in [3.05, 3.63) is 68.8 Å². The van der Waals surface area contributed by atoms with Gasteiger partial charge in [0.05, 0.1) is 0 Å². The zero-order valence-corrected chi connectivity index (χ0v) is 15.2. The van der Waals surface area contributed by atoms with Gasteiger partial charge in [0.2, 0.25) is 0 Å². The highest BCUT2D eigenvalue weighted by atomic mass is 16.1. The number of hydrogen-bond acceptors (Lipinski definition) is 1. The first-order valence-electron chi connectivity index (χ1n) is 9.22. The first-order chi connectivity index (χ1) is 11.5. The lowest BCUT2D eigenvalue weighted by Gasteiger charge is -2.16. The molecule has 0 spiro atoms. The quantitative estimate of drug-likeness (QED) is 0.641. The molecular weight excluding hydrogens is 292 g/mol. The molecule has 0 amide bonds. The largest absolute Gasteiger partial charge is 0.289 e. The molecule has 4 rings (SSSR count). The van der Waals surface area contributed by atoms with Crippen LogP contribution in [0.5, 0.6) is 0 Å². The maximum Gasteiger partial charge on any atom is 0.193 e. The van der Waals surface area contributed by atoms with Crippen molar-refractivity contribution in [2.75, 3.05) is 0 Å².